The maximum atomic E-state index is 10.2. The van der Waals surface area contributed by atoms with Crippen LogP contribution < -0.4 is 10.4 Å². The minimum absolute atomic E-state index is 0.0158. The molecule has 3 aromatic carbocycles. The van der Waals surface area contributed by atoms with Gasteiger partial charge in [-0.1, -0.05) is 112 Å². The Labute approximate surface area is 205 Å². The second-order valence-corrected chi connectivity index (χ2v) is 14.0. The van der Waals surface area contributed by atoms with E-state index in [9.17, 15) is 5.11 Å². The zero-order chi connectivity index (χ0) is 24.4. The van der Waals surface area contributed by atoms with Gasteiger partial charge in [0.25, 0.3) is 8.32 Å². The largest absolute Gasteiger partial charge is 0.407 e. The van der Waals surface area contributed by atoms with E-state index in [1.807, 2.05) is 49.4 Å². The fraction of sp³-hybridized carbons (Fsp3) is 0.379. The van der Waals surface area contributed by atoms with Crippen LogP contribution >= 0.6 is 0 Å². The standard InChI is InChI=1S/C29H38O4Si/c1-24(32-23-31-21-25-14-8-5-9-15-25)26(20-30)22-33-34(29(2,3)4,27-16-10-6-11-17-27)28-18-12-7-13-19-28/h5-19,24,26,30H,20-23H2,1-4H3/t24-,26-/m1/s1. The van der Waals surface area contributed by atoms with Crippen LogP contribution in [-0.2, 0) is 20.5 Å². The van der Waals surface area contributed by atoms with Crippen molar-refractivity contribution in [3.63, 3.8) is 0 Å². The molecule has 2 atom stereocenters. The molecule has 0 aromatic heterocycles. The molecular formula is C29H38O4Si. The van der Waals surface area contributed by atoms with E-state index >= 15 is 0 Å². The van der Waals surface area contributed by atoms with Crippen LogP contribution in [0.2, 0.25) is 5.04 Å². The third kappa shape index (κ3) is 6.43. The van der Waals surface area contributed by atoms with Crippen LogP contribution in [0.1, 0.15) is 33.3 Å². The maximum Gasteiger partial charge on any atom is 0.261 e. The monoisotopic (exact) mass is 478 g/mol. The summed E-state index contributed by atoms with van der Waals surface area (Å²) in [7, 11) is -2.65. The zero-order valence-electron chi connectivity index (χ0n) is 20.8. The molecule has 5 heteroatoms. The average molecular weight is 479 g/mol. The number of hydrogen-bond donors (Lipinski definition) is 1. The van der Waals surface area contributed by atoms with E-state index in [1.54, 1.807) is 0 Å². The molecular weight excluding hydrogens is 440 g/mol. The summed E-state index contributed by atoms with van der Waals surface area (Å²) >= 11 is 0. The minimum atomic E-state index is -2.65. The van der Waals surface area contributed by atoms with Crippen LogP contribution in [0.4, 0.5) is 0 Å². The summed E-state index contributed by atoms with van der Waals surface area (Å²) in [6, 6.07) is 31.1. The highest BCUT2D eigenvalue weighted by Gasteiger charge is 2.50. The molecule has 0 saturated carbocycles. The van der Waals surface area contributed by atoms with Crippen molar-refractivity contribution in [3.05, 3.63) is 96.6 Å². The van der Waals surface area contributed by atoms with E-state index in [4.69, 9.17) is 13.9 Å². The molecule has 0 aliphatic carbocycles. The van der Waals surface area contributed by atoms with Crippen LogP contribution in [-0.4, -0.2) is 39.5 Å². The first-order valence-electron chi connectivity index (χ1n) is 12.0. The summed E-state index contributed by atoms with van der Waals surface area (Å²) in [6.07, 6.45) is -0.209. The number of ether oxygens (including phenoxy) is 2. The van der Waals surface area contributed by atoms with Crippen molar-refractivity contribution >= 4 is 18.7 Å². The van der Waals surface area contributed by atoms with E-state index in [2.05, 4.69) is 69.3 Å². The quantitative estimate of drug-likeness (QED) is 0.232. The molecule has 0 fully saturated rings. The Morgan fingerprint density at radius 2 is 1.29 bits per heavy atom. The van der Waals surface area contributed by atoms with Crippen LogP contribution in [0.5, 0.6) is 0 Å². The van der Waals surface area contributed by atoms with Crippen LogP contribution in [0, 0.1) is 5.92 Å². The van der Waals surface area contributed by atoms with Gasteiger partial charge in [-0.05, 0) is 27.9 Å². The predicted molar refractivity (Wildman–Crippen MR) is 141 cm³/mol. The summed E-state index contributed by atoms with van der Waals surface area (Å²) in [5.74, 6) is -0.165. The average Bonchev–Trinajstić information content (AvgIpc) is 2.85. The Morgan fingerprint density at radius 1 is 0.794 bits per heavy atom. The fourth-order valence-electron chi connectivity index (χ4n) is 4.36. The molecule has 34 heavy (non-hydrogen) atoms. The highest BCUT2D eigenvalue weighted by atomic mass is 28.4. The van der Waals surface area contributed by atoms with Gasteiger partial charge in [0.2, 0.25) is 0 Å². The summed E-state index contributed by atoms with van der Waals surface area (Å²) < 4.78 is 18.6. The van der Waals surface area contributed by atoms with Gasteiger partial charge >= 0.3 is 0 Å². The van der Waals surface area contributed by atoms with E-state index < -0.39 is 8.32 Å². The smallest absolute Gasteiger partial charge is 0.261 e. The number of benzene rings is 3. The molecule has 4 nitrogen and oxygen atoms in total. The van der Waals surface area contributed by atoms with E-state index in [1.165, 1.54) is 10.4 Å². The summed E-state index contributed by atoms with van der Waals surface area (Å²) in [5, 5.41) is 12.5. The first-order chi connectivity index (χ1) is 16.4. The van der Waals surface area contributed by atoms with Gasteiger partial charge < -0.3 is 19.0 Å². The highest BCUT2D eigenvalue weighted by molar-refractivity contribution is 6.99. The summed E-state index contributed by atoms with van der Waals surface area (Å²) in [6.45, 7) is 9.80. The third-order valence-corrected chi connectivity index (χ3v) is 11.4. The second kappa shape index (κ2) is 12.4. The lowest BCUT2D eigenvalue weighted by molar-refractivity contribution is -0.115. The molecule has 0 unspecified atom stereocenters. The number of aliphatic hydroxyl groups excluding tert-OH is 1. The van der Waals surface area contributed by atoms with E-state index in [0.717, 1.165) is 5.56 Å². The number of hydrogen-bond acceptors (Lipinski definition) is 4. The molecule has 0 aliphatic rings. The molecule has 182 valence electrons. The van der Waals surface area contributed by atoms with Gasteiger partial charge in [-0.25, -0.2) is 0 Å². The van der Waals surface area contributed by atoms with Crippen molar-refractivity contribution in [2.24, 2.45) is 5.92 Å². The number of rotatable bonds is 12. The van der Waals surface area contributed by atoms with Crippen LogP contribution in [0.3, 0.4) is 0 Å². The molecule has 0 amide bonds. The Balaban J connectivity index is 1.73. The van der Waals surface area contributed by atoms with Crippen LogP contribution in [0.25, 0.3) is 0 Å². The Kier molecular flexibility index (Phi) is 9.62. The second-order valence-electron chi connectivity index (χ2n) is 9.74. The zero-order valence-corrected chi connectivity index (χ0v) is 21.8. The third-order valence-electron chi connectivity index (χ3n) is 6.35. The first kappa shape index (κ1) is 26.3. The molecule has 0 radical (unpaired) electrons. The highest BCUT2D eigenvalue weighted by Crippen LogP contribution is 2.37. The van der Waals surface area contributed by atoms with Gasteiger partial charge in [-0.15, -0.1) is 0 Å². The molecule has 0 bridgehead atoms. The number of aliphatic hydroxyl groups is 1. The van der Waals surface area contributed by atoms with Crippen LogP contribution in [0.15, 0.2) is 91.0 Å². The maximum absolute atomic E-state index is 10.2. The molecule has 1 N–H and O–H groups in total. The van der Waals surface area contributed by atoms with E-state index in [-0.39, 0.29) is 30.5 Å². The molecule has 0 heterocycles. The lowest BCUT2D eigenvalue weighted by Gasteiger charge is -2.44. The minimum Gasteiger partial charge on any atom is -0.407 e. The van der Waals surface area contributed by atoms with E-state index in [0.29, 0.717) is 13.2 Å². The first-order valence-corrected chi connectivity index (χ1v) is 13.9. The molecule has 3 aromatic rings. The molecule has 0 saturated heterocycles. The van der Waals surface area contributed by atoms with Gasteiger partial charge in [0, 0.05) is 12.5 Å². The summed E-state index contributed by atoms with van der Waals surface area (Å²) in [5.41, 5.74) is 1.10. The molecule has 3 rings (SSSR count). The topological polar surface area (TPSA) is 47.9 Å². The van der Waals surface area contributed by atoms with Gasteiger partial charge in [-0.3, -0.25) is 0 Å². The van der Waals surface area contributed by atoms with Gasteiger partial charge in [0.05, 0.1) is 19.3 Å². The lowest BCUT2D eigenvalue weighted by atomic mass is 10.1. The lowest BCUT2D eigenvalue weighted by Crippen LogP contribution is -2.67. The van der Waals surface area contributed by atoms with Crippen molar-refractivity contribution in [2.45, 2.75) is 45.4 Å². The predicted octanol–water partition coefficient (Wildman–Crippen LogP) is 4.75. The van der Waals surface area contributed by atoms with Gasteiger partial charge in [-0.2, -0.15) is 0 Å². The van der Waals surface area contributed by atoms with Gasteiger partial charge in [0.1, 0.15) is 6.79 Å². The van der Waals surface area contributed by atoms with Crippen molar-refractivity contribution in [1.29, 1.82) is 0 Å². The Morgan fingerprint density at radius 3 is 1.76 bits per heavy atom. The van der Waals surface area contributed by atoms with Crippen molar-refractivity contribution in [2.75, 3.05) is 20.0 Å². The fourth-order valence-corrected chi connectivity index (χ4v) is 8.98. The normalized spacial score (nSPS) is 14.0. The Hall–Kier alpha value is -2.28. The summed E-state index contributed by atoms with van der Waals surface area (Å²) in [4.78, 5) is 0. The van der Waals surface area contributed by atoms with Crippen molar-refractivity contribution < 1.29 is 19.0 Å². The van der Waals surface area contributed by atoms with Crippen molar-refractivity contribution in [3.8, 4) is 0 Å². The van der Waals surface area contributed by atoms with Crippen molar-refractivity contribution in [1.82, 2.24) is 0 Å². The van der Waals surface area contributed by atoms with Gasteiger partial charge in [0.15, 0.2) is 0 Å². The molecule has 0 spiro atoms. The molecule has 0 aliphatic heterocycles. The SMILES string of the molecule is C[C@@H](OCOCc1ccccc1)[C@H](CO)CO[Si](c1ccccc1)(c1ccccc1)C(C)(C)C. The Bertz CT molecular complexity index is 918.